The molecule has 2 aromatic rings. The highest BCUT2D eigenvalue weighted by atomic mass is 16.2. The monoisotopic (exact) mass is 287 g/mol. The fourth-order valence-electron chi connectivity index (χ4n) is 2.34. The first-order valence-corrected chi connectivity index (χ1v) is 7.57. The lowest BCUT2D eigenvalue weighted by Crippen LogP contribution is -2.29. The Balaban J connectivity index is 2.24. The molecule has 0 saturated carbocycles. The number of hydrogen-bond donors (Lipinski definition) is 1. The van der Waals surface area contributed by atoms with Crippen molar-refractivity contribution in [2.75, 3.05) is 13.6 Å². The highest BCUT2D eigenvalue weighted by molar-refractivity contribution is 5.85. The van der Waals surface area contributed by atoms with E-state index in [0.717, 1.165) is 18.6 Å². The Bertz CT molecular complexity index is 616. The van der Waals surface area contributed by atoms with Crippen LogP contribution in [0, 0.1) is 0 Å². The topological polar surface area (TPSA) is 37.3 Å². The summed E-state index contributed by atoms with van der Waals surface area (Å²) in [5.74, 6) is 0.140. The van der Waals surface area contributed by atoms with Crippen molar-refractivity contribution >= 4 is 16.8 Å². The first kappa shape index (κ1) is 15.6. The van der Waals surface area contributed by atoms with E-state index in [0.29, 0.717) is 12.6 Å². The van der Waals surface area contributed by atoms with E-state index in [-0.39, 0.29) is 5.91 Å². The Morgan fingerprint density at radius 3 is 2.76 bits per heavy atom. The van der Waals surface area contributed by atoms with E-state index in [4.69, 9.17) is 0 Å². The molecule has 4 nitrogen and oxygen atoms in total. The molecule has 0 spiro atoms. The standard InChI is InChI=1S/C17H25N3O/c1-5-19(4)17(21)12-20-10-9-15-14(11-18-13(2)3)7-6-8-16(15)20/h6-10,13,18H,5,11-12H2,1-4H3. The minimum absolute atomic E-state index is 0.140. The number of aromatic nitrogens is 1. The number of hydrogen-bond acceptors (Lipinski definition) is 2. The molecule has 1 aromatic heterocycles. The van der Waals surface area contributed by atoms with Gasteiger partial charge < -0.3 is 14.8 Å². The van der Waals surface area contributed by atoms with E-state index < -0.39 is 0 Å². The van der Waals surface area contributed by atoms with Crippen LogP contribution in [0.4, 0.5) is 0 Å². The lowest BCUT2D eigenvalue weighted by molar-refractivity contribution is -0.130. The van der Waals surface area contributed by atoms with Gasteiger partial charge in [-0.1, -0.05) is 26.0 Å². The second kappa shape index (κ2) is 6.76. The summed E-state index contributed by atoms with van der Waals surface area (Å²) in [6, 6.07) is 8.84. The van der Waals surface area contributed by atoms with Gasteiger partial charge in [0, 0.05) is 43.3 Å². The molecule has 0 fully saturated rings. The summed E-state index contributed by atoms with van der Waals surface area (Å²) in [4.78, 5) is 13.8. The normalized spacial score (nSPS) is 11.3. The summed E-state index contributed by atoms with van der Waals surface area (Å²) in [7, 11) is 1.84. The maximum absolute atomic E-state index is 12.1. The van der Waals surface area contributed by atoms with Gasteiger partial charge in [0.15, 0.2) is 0 Å². The van der Waals surface area contributed by atoms with Crippen LogP contribution in [0.1, 0.15) is 26.3 Å². The van der Waals surface area contributed by atoms with Crippen molar-refractivity contribution in [2.24, 2.45) is 0 Å². The second-order valence-electron chi connectivity index (χ2n) is 5.74. The number of nitrogens with one attached hydrogen (secondary N) is 1. The molecule has 0 unspecified atom stereocenters. The average molecular weight is 287 g/mol. The summed E-state index contributed by atoms with van der Waals surface area (Å²) in [5.41, 5.74) is 2.40. The van der Waals surface area contributed by atoms with Crippen LogP contribution in [-0.4, -0.2) is 35.0 Å². The SMILES string of the molecule is CCN(C)C(=O)Cn1ccc2c(CNC(C)C)cccc21. The lowest BCUT2D eigenvalue weighted by Gasteiger charge is -2.15. The van der Waals surface area contributed by atoms with Gasteiger partial charge in [0.1, 0.15) is 6.54 Å². The van der Waals surface area contributed by atoms with Gasteiger partial charge in [-0.15, -0.1) is 0 Å². The molecule has 1 N–H and O–H groups in total. The molecule has 0 radical (unpaired) electrons. The Labute approximate surface area is 126 Å². The van der Waals surface area contributed by atoms with Crippen LogP contribution < -0.4 is 5.32 Å². The van der Waals surface area contributed by atoms with Gasteiger partial charge in [0.05, 0.1) is 0 Å². The van der Waals surface area contributed by atoms with Crippen LogP contribution in [0.2, 0.25) is 0 Å². The third kappa shape index (κ3) is 3.64. The maximum atomic E-state index is 12.1. The number of fused-ring (bicyclic) bond motifs is 1. The zero-order valence-electron chi connectivity index (χ0n) is 13.4. The Morgan fingerprint density at radius 2 is 2.10 bits per heavy atom. The largest absolute Gasteiger partial charge is 0.344 e. The van der Waals surface area contributed by atoms with Crippen LogP contribution in [0.25, 0.3) is 10.9 Å². The molecule has 0 aliphatic carbocycles. The Kier molecular flexibility index (Phi) is 5.02. The third-order valence-electron chi connectivity index (χ3n) is 3.81. The zero-order valence-corrected chi connectivity index (χ0v) is 13.4. The molecule has 0 aliphatic rings. The van der Waals surface area contributed by atoms with Crippen molar-refractivity contribution < 1.29 is 4.79 Å². The van der Waals surface area contributed by atoms with Crippen molar-refractivity contribution in [1.82, 2.24) is 14.8 Å². The van der Waals surface area contributed by atoms with Gasteiger partial charge in [0.25, 0.3) is 0 Å². The van der Waals surface area contributed by atoms with Gasteiger partial charge in [-0.2, -0.15) is 0 Å². The molecular formula is C17H25N3O. The van der Waals surface area contributed by atoms with Gasteiger partial charge in [-0.05, 0) is 24.6 Å². The van der Waals surface area contributed by atoms with Crippen LogP contribution in [0.15, 0.2) is 30.5 Å². The van der Waals surface area contributed by atoms with Crippen molar-refractivity contribution in [3.63, 3.8) is 0 Å². The molecule has 0 atom stereocenters. The smallest absolute Gasteiger partial charge is 0.242 e. The van der Waals surface area contributed by atoms with E-state index in [1.165, 1.54) is 10.9 Å². The predicted molar refractivity (Wildman–Crippen MR) is 87.2 cm³/mol. The highest BCUT2D eigenvalue weighted by Gasteiger charge is 2.11. The van der Waals surface area contributed by atoms with Crippen LogP contribution in [0.5, 0.6) is 0 Å². The molecule has 0 saturated heterocycles. The predicted octanol–water partition coefficient (Wildman–Crippen LogP) is 2.62. The van der Waals surface area contributed by atoms with Crippen LogP contribution in [-0.2, 0) is 17.9 Å². The molecule has 21 heavy (non-hydrogen) atoms. The number of nitrogens with zero attached hydrogens (tertiary/aromatic N) is 2. The quantitative estimate of drug-likeness (QED) is 0.887. The molecule has 1 amide bonds. The van der Waals surface area contributed by atoms with Crippen LogP contribution >= 0.6 is 0 Å². The summed E-state index contributed by atoms with van der Waals surface area (Å²) in [5, 5.41) is 4.67. The van der Waals surface area contributed by atoms with E-state index in [1.54, 1.807) is 4.90 Å². The molecule has 0 bridgehead atoms. The van der Waals surface area contributed by atoms with E-state index in [2.05, 4.69) is 43.4 Å². The van der Waals surface area contributed by atoms with Crippen molar-refractivity contribution in [3.8, 4) is 0 Å². The summed E-state index contributed by atoms with van der Waals surface area (Å²) in [6.45, 7) is 8.26. The number of carbonyl (C=O) groups is 1. The third-order valence-corrected chi connectivity index (χ3v) is 3.81. The molecule has 1 aromatic carbocycles. The van der Waals surface area contributed by atoms with Crippen LogP contribution in [0.3, 0.4) is 0 Å². The average Bonchev–Trinajstić information content (AvgIpc) is 2.87. The minimum Gasteiger partial charge on any atom is -0.344 e. The van der Waals surface area contributed by atoms with Crippen molar-refractivity contribution in [3.05, 3.63) is 36.0 Å². The van der Waals surface area contributed by atoms with E-state index in [9.17, 15) is 4.79 Å². The first-order chi connectivity index (χ1) is 10.0. The summed E-state index contributed by atoms with van der Waals surface area (Å²) in [6.07, 6.45) is 2.00. The van der Waals surface area contributed by atoms with Gasteiger partial charge >= 0.3 is 0 Å². The Morgan fingerprint density at radius 1 is 1.33 bits per heavy atom. The molecule has 4 heteroatoms. The van der Waals surface area contributed by atoms with Crippen molar-refractivity contribution in [1.29, 1.82) is 0 Å². The number of benzene rings is 1. The fraction of sp³-hybridized carbons (Fsp3) is 0.471. The number of likely N-dealkylation sites (N-methyl/N-ethyl adjacent to an activating group) is 1. The fourth-order valence-corrected chi connectivity index (χ4v) is 2.34. The number of amides is 1. The molecule has 114 valence electrons. The zero-order chi connectivity index (χ0) is 15.4. The number of rotatable bonds is 6. The molecule has 2 rings (SSSR count). The molecule has 1 heterocycles. The molecule has 0 aliphatic heterocycles. The van der Waals surface area contributed by atoms with Gasteiger partial charge in [-0.25, -0.2) is 0 Å². The second-order valence-corrected chi connectivity index (χ2v) is 5.74. The number of carbonyl (C=O) groups excluding carboxylic acids is 1. The van der Waals surface area contributed by atoms with Gasteiger partial charge in [0.2, 0.25) is 5.91 Å². The minimum atomic E-state index is 0.140. The van der Waals surface area contributed by atoms with Gasteiger partial charge in [-0.3, -0.25) is 4.79 Å². The van der Waals surface area contributed by atoms with E-state index >= 15 is 0 Å². The maximum Gasteiger partial charge on any atom is 0.242 e. The molecular weight excluding hydrogens is 262 g/mol. The lowest BCUT2D eigenvalue weighted by atomic mass is 10.1. The summed E-state index contributed by atoms with van der Waals surface area (Å²) >= 11 is 0. The van der Waals surface area contributed by atoms with E-state index in [1.807, 2.05) is 24.7 Å². The van der Waals surface area contributed by atoms with Crippen molar-refractivity contribution in [2.45, 2.75) is 39.9 Å². The first-order valence-electron chi connectivity index (χ1n) is 7.57. The summed E-state index contributed by atoms with van der Waals surface area (Å²) < 4.78 is 2.03. The Hall–Kier alpha value is -1.81. The highest BCUT2D eigenvalue weighted by Crippen LogP contribution is 2.20.